The van der Waals surface area contributed by atoms with Gasteiger partial charge in [-0.05, 0) is 12.8 Å². The van der Waals surface area contributed by atoms with Gasteiger partial charge in [-0.15, -0.1) is 0 Å². The van der Waals surface area contributed by atoms with E-state index in [2.05, 4.69) is 25.4 Å². The van der Waals surface area contributed by atoms with Crippen molar-refractivity contribution in [1.29, 1.82) is 0 Å². The number of nitrogens with one attached hydrogen (secondary N) is 3. The number of hydrogen-bond donors (Lipinski definition) is 5. The van der Waals surface area contributed by atoms with Crippen LogP contribution in [0.3, 0.4) is 0 Å². The zero-order chi connectivity index (χ0) is 30.8. The second-order valence-corrected chi connectivity index (χ2v) is 9.99. The van der Waals surface area contributed by atoms with Crippen molar-refractivity contribution in [3.63, 3.8) is 0 Å². The molecule has 0 bridgehead atoms. The molecule has 0 aromatic carbocycles. The lowest BCUT2D eigenvalue weighted by atomic mass is 10.3. The molecular weight excluding hydrogens is 584 g/mol. The van der Waals surface area contributed by atoms with Gasteiger partial charge in [-0.25, -0.2) is 0 Å². The molecule has 17 heteroatoms. The molecule has 0 saturated carbocycles. The van der Waals surface area contributed by atoms with E-state index in [1.165, 1.54) is 39.1 Å². The van der Waals surface area contributed by atoms with Gasteiger partial charge in [0.05, 0.1) is 34.0 Å². The van der Waals surface area contributed by atoms with Crippen LogP contribution in [-0.2, 0) is 47.6 Å². The van der Waals surface area contributed by atoms with Crippen molar-refractivity contribution >= 4 is 45.4 Å². The Kier molecular flexibility index (Phi) is 32.8. The van der Waals surface area contributed by atoms with E-state index in [-0.39, 0.29) is 44.5 Å². The molecule has 0 aromatic rings. The molecule has 0 heterocycles. The molecule has 0 atom stereocenters. The average molecular weight is 629 g/mol. The Morgan fingerprint density at radius 3 is 1.80 bits per heavy atom. The van der Waals surface area contributed by atoms with Gasteiger partial charge in [0.1, 0.15) is 19.1 Å². The third kappa shape index (κ3) is 37.1. The van der Waals surface area contributed by atoms with Crippen molar-refractivity contribution < 1.29 is 52.7 Å². The van der Waals surface area contributed by atoms with Crippen LogP contribution >= 0.6 is 21.6 Å². The Morgan fingerprint density at radius 1 is 0.805 bits per heavy atom. The number of nitrogens with two attached hydrogens (primary N) is 1. The summed E-state index contributed by atoms with van der Waals surface area (Å²) in [6.07, 6.45) is 7.39. The summed E-state index contributed by atoms with van der Waals surface area (Å²) >= 11 is 0. The van der Waals surface area contributed by atoms with Crippen molar-refractivity contribution in [3.8, 4) is 0 Å². The fraction of sp³-hybridized carbons (Fsp3) is 0.667. The summed E-state index contributed by atoms with van der Waals surface area (Å²) in [5.74, 6) is 0.210. The zero-order valence-corrected chi connectivity index (χ0v) is 25.3. The van der Waals surface area contributed by atoms with Crippen molar-refractivity contribution in [2.24, 2.45) is 5.73 Å². The molecule has 0 saturated heterocycles. The predicted molar refractivity (Wildman–Crippen MR) is 155 cm³/mol. The van der Waals surface area contributed by atoms with Crippen LogP contribution in [0, 0.1) is 0 Å². The number of carboxylic acid groups (broad SMARTS) is 1. The van der Waals surface area contributed by atoms with Gasteiger partial charge in [0.15, 0.2) is 13.6 Å². The Hall–Kier alpha value is -2.86. The first-order chi connectivity index (χ1) is 19.9. The number of hydrogen-bond acceptors (Lipinski definition) is 15. The quantitative estimate of drug-likeness (QED) is 0.0291. The van der Waals surface area contributed by atoms with E-state index in [0.717, 1.165) is 11.5 Å². The van der Waals surface area contributed by atoms with Gasteiger partial charge in [0, 0.05) is 49.8 Å². The number of ether oxygens (including phenoxy) is 6. The number of carbonyl (C=O) groups is 4. The Bertz CT molecular complexity index is 732. The summed E-state index contributed by atoms with van der Waals surface area (Å²) in [4.78, 5) is 43.1. The van der Waals surface area contributed by atoms with E-state index in [1.54, 1.807) is 21.6 Å². The van der Waals surface area contributed by atoms with Crippen molar-refractivity contribution in [3.05, 3.63) is 24.9 Å². The second-order valence-electron chi connectivity index (χ2n) is 7.29. The topological polar surface area (TPSA) is 206 Å². The minimum absolute atomic E-state index is 0.0480. The lowest BCUT2D eigenvalue weighted by molar-refractivity contribution is -0.142. The standard InChI is InChI=1S/C14H27N3O5S2.C10H17NO6/c1-20-14(19)3-2-7-21-12-22-8-5-16-11-13(18)17-6-10-24-23-9-4-15;1-15-10(14)3-2-5-16-8-17-6-4-11-7-9(12)13/h5,8,16H,2-4,6-7,9-12,15H2,1H3,(H,17,18);4,6,11H,2-3,5,7-8H2,1H3,(H,12,13). The molecule has 0 aliphatic heterocycles. The second kappa shape index (κ2) is 33.3. The molecule has 0 aromatic heterocycles. The van der Waals surface area contributed by atoms with Crippen molar-refractivity contribution in [2.75, 3.05) is 78.7 Å². The van der Waals surface area contributed by atoms with E-state index < -0.39 is 5.97 Å². The molecule has 0 rings (SSSR count). The number of carboxylic acids is 1. The van der Waals surface area contributed by atoms with Crippen LogP contribution in [0.15, 0.2) is 24.9 Å². The maximum Gasteiger partial charge on any atom is 0.322 e. The summed E-state index contributed by atoms with van der Waals surface area (Å²) in [5.41, 5.74) is 5.37. The Morgan fingerprint density at radius 2 is 1.32 bits per heavy atom. The van der Waals surface area contributed by atoms with Gasteiger partial charge in [0.25, 0.3) is 0 Å². The van der Waals surface area contributed by atoms with Gasteiger partial charge in [-0.2, -0.15) is 0 Å². The lowest BCUT2D eigenvalue weighted by Gasteiger charge is -2.05. The van der Waals surface area contributed by atoms with E-state index in [1.807, 2.05) is 0 Å². The first-order valence-electron chi connectivity index (χ1n) is 12.6. The van der Waals surface area contributed by atoms with Gasteiger partial charge in [-0.3, -0.25) is 19.2 Å². The first-order valence-corrected chi connectivity index (χ1v) is 15.1. The summed E-state index contributed by atoms with van der Waals surface area (Å²) in [6, 6.07) is 0. The van der Waals surface area contributed by atoms with Gasteiger partial charge >= 0.3 is 17.9 Å². The third-order valence-electron chi connectivity index (χ3n) is 3.97. The van der Waals surface area contributed by atoms with Gasteiger partial charge < -0.3 is 55.2 Å². The van der Waals surface area contributed by atoms with Gasteiger partial charge in [0.2, 0.25) is 5.91 Å². The van der Waals surface area contributed by atoms with Crippen molar-refractivity contribution in [1.82, 2.24) is 16.0 Å². The molecular formula is C24H44N4O11S2. The summed E-state index contributed by atoms with van der Waals surface area (Å²) in [5, 5.41) is 16.4. The molecule has 15 nitrogen and oxygen atoms in total. The van der Waals surface area contributed by atoms with Crippen LogP contribution in [0.5, 0.6) is 0 Å². The number of rotatable bonds is 26. The van der Waals surface area contributed by atoms with Crippen LogP contribution in [0.1, 0.15) is 25.7 Å². The third-order valence-corrected chi connectivity index (χ3v) is 6.41. The smallest absolute Gasteiger partial charge is 0.322 e. The van der Waals surface area contributed by atoms with E-state index in [9.17, 15) is 19.2 Å². The fourth-order valence-electron chi connectivity index (χ4n) is 2.08. The number of carbonyl (C=O) groups excluding carboxylic acids is 3. The van der Waals surface area contributed by atoms with Crippen molar-refractivity contribution in [2.45, 2.75) is 25.7 Å². The van der Waals surface area contributed by atoms with Crippen LogP contribution < -0.4 is 21.7 Å². The number of aliphatic carboxylic acids is 1. The largest absolute Gasteiger partial charge is 0.480 e. The lowest BCUT2D eigenvalue weighted by Crippen LogP contribution is -2.33. The highest BCUT2D eigenvalue weighted by Gasteiger charge is 2.00. The molecule has 0 fully saturated rings. The predicted octanol–water partition coefficient (Wildman–Crippen LogP) is 0.523. The molecule has 1 amide bonds. The monoisotopic (exact) mass is 628 g/mol. The maximum atomic E-state index is 11.5. The van der Waals surface area contributed by atoms with Crippen LogP contribution in [0.2, 0.25) is 0 Å². The highest BCUT2D eigenvalue weighted by molar-refractivity contribution is 8.76. The highest BCUT2D eigenvalue weighted by atomic mass is 33.1. The van der Waals surface area contributed by atoms with Crippen LogP contribution in [0.25, 0.3) is 0 Å². The van der Waals surface area contributed by atoms with Crippen LogP contribution in [0.4, 0.5) is 0 Å². The highest BCUT2D eigenvalue weighted by Crippen LogP contribution is 2.18. The molecule has 0 radical (unpaired) electrons. The molecule has 0 aliphatic carbocycles. The molecule has 0 spiro atoms. The fourth-order valence-corrected chi connectivity index (χ4v) is 3.85. The summed E-state index contributed by atoms with van der Waals surface area (Å²) < 4.78 is 29.1. The summed E-state index contributed by atoms with van der Waals surface area (Å²) in [7, 11) is 6.08. The molecule has 0 aliphatic rings. The molecule has 6 N–H and O–H groups in total. The number of amides is 1. The molecule has 238 valence electrons. The summed E-state index contributed by atoms with van der Waals surface area (Å²) in [6.45, 7) is 2.26. The Labute approximate surface area is 249 Å². The Balaban J connectivity index is 0. The minimum Gasteiger partial charge on any atom is -0.480 e. The van der Waals surface area contributed by atoms with E-state index in [4.69, 9.17) is 29.8 Å². The average Bonchev–Trinajstić information content (AvgIpc) is 2.96. The van der Waals surface area contributed by atoms with Crippen LogP contribution in [-0.4, -0.2) is 108 Å². The number of methoxy groups -OCH3 is 2. The van der Waals surface area contributed by atoms with E-state index >= 15 is 0 Å². The first kappa shape index (κ1) is 40.3. The molecule has 41 heavy (non-hydrogen) atoms. The normalized spacial score (nSPS) is 10.4. The molecule has 0 unspecified atom stereocenters. The minimum atomic E-state index is -0.950. The SMILES string of the molecule is COC(=O)CCCOCOC=CNCC(=O)NCCSSCCN.COC(=O)CCCOCOC=CNCC(=O)O. The number of esters is 2. The maximum absolute atomic E-state index is 11.5. The van der Waals surface area contributed by atoms with E-state index in [0.29, 0.717) is 52.0 Å². The van der Waals surface area contributed by atoms with Gasteiger partial charge in [-0.1, -0.05) is 21.6 Å². The zero-order valence-electron chi connectivity index (χ0n) is 23.6.